The summed E-state index contributed by atoms with van der Waals surface area (Å²) < 4.78 is 0. The van der Waals surface area contributed by atoms with Gasteiger partial charge in [-0.25, -0.2) is 0 Å². The number of likely N-dealkylation sites (N-methyl/N-ethyl adjacent to an activating group) is 1. The van der Waals surface area contributed by atoms with E-state index in [1.165, 1.54) is 5.56 Å². The minimum atomic E-state index is -0.705. The molecule has 2 aliphatic rings. The van der Waals surface area contributed by atoms with Crippen molar-refractivity contribution in [3.05, 3.63) is 89.6 Å². The molecular formula is C33H38N4O3. The highest BCUT2D eigenvalue weighted by Crippen LogP contribution is 2.28. The summed E-state index contributed by atoms with van der Waals surface area (Å²) >= 11 is 0. The lowest BCUT2D eigenvalue weighted by molar-refractivity contribution is -0.145. The van der Waals surface area contributed by atoms with Gasteiger partial charge >= 0.3 is 0 Å². The second-order valence-corrected chi connectivity index (χ2v) is 11.2. The van der Waals surface area contributed by atoms with E-state index in [1.807, 2.05) is 54.7 Å². The average molecular weight is 539 g/mol. The predicted octanol–water partition coefficient (Wildman–Crippen LogP) is 4.52. The summed E-state index contributed by atoms with van der Waals surface area (Å²) in [7, 11) is 1.60. The summed E-state index contributed by atoms with van der Waals surface area (Å²) in [5.41, 5.74) is 4.27. The van der Waals surface area contributed by atoms with E-state index in [2.05, 4.69) is 42.7 Å². The summed E-state index contributed by atoms with van der Waals surface area (Å²) in [5, 5.41) is 8.32. The van der Waals surface area contributed by atoms with Crippen LogP contribution in [0, 0.1) is 5.92 Å². The van der Waals surface area contributed by atoms with Crippen molar-refractivity contribution in [3.8, 4) is 0 Å². The fourth-order valence-corrected chi connectivity index (χ4v) is 5.86. The van der Waals surface area contributed by atoms with Crippen LogP contribution in [0.3, 0.4) is 0 Å². The molecule has 5 rings (SSSR count). The number of para-hydroxylation sites is 1. The van der Waals surface area contributed by atoms with Crippen LogP contribution in [0.25, 0.3) is 10.8 Å². The third-order valence-corrected chi connectivity index (χ3v) is 7.93. The zero-order valence-corrected chi connectivity index (χ0v) is 23.5. The van der Waals surface area contributed by atoms with Crippen molar-refractivity contribution in [3.63, 3.8) is 0 Å². The zero-order chi connectivity index (χ0) is 28.2. The SMILES string of the molecule is CNC(=O)[C@H](Cc1ccc2ccccc2c1)N1CCC(=O)N(CC2=CNc3ccccc3C2)[C@@H](CC(C)C)C1=O. The Hall–Kier alpha value is -4.13. The average Bonchev–Trinajstić information content (AvgIpc) is 3.07. The Labute approximate surface area is 236 Å². The normalized spacial score (nSPS) is 18.2. The molecule has 3 amide bonds. The van der Waals surface area contributed by atoms with Crippen LogP contribution in [0.15, 0.2) is 78.5 Å². The van der Waals surface area contributed by atoms with Gasteiger partial charge in [0.2, 0.25) is 17.7 Å². The molecular weight excluding hydrogens is 500 g/mol. The van der Waals surface area contributed by atoms with Crippen LogP contribution in [-0.4, -0.2) is 59.7 Å². The van der Waals surface area contributed by atoms with Crippen LogP contribution in [0.4, 0.5) is 5.69 Å². The minimum Gasteiger partial charge on any atom is -0.361 e. The lowest BCUT2D eigenvalue weighted by Gasteiger charge is -2.35. The van der Waals surface area contributed by atoms with Crippen LogP contribution >= 0.6 is 0 Å². The predicted molar refractivity (Wildman–Crippen MR) is 159 cm³/mol. The number of hydrogen-bond donors (Lipinski definition) is 2. The number of carbonyl (C=O) groups is 3. The molecule has 2 aliphatic heterocycles. The topological polar surface area (TPSA) is 81.8 Å². The van der Waals surface area contributed by atoms with E-state index in [1.54, 1.807) is 16.8 Å². The Bertz CT molecular complexity index is 1450. The molecule has 0 saturated carbocycles. The van der Waals surface area contributed by atoms with Crippen molar-refractivity contribution in [2.45, 2.75) is 51.6 Å². The van der Waals surface area contributed by atoms with Crippen LogP contribution in [-0.2, 0) is 27.2 Å². The van der Waals surface area contributed by atoms with E-state index < -0.39 is 12.1 Å². The molecule has 0 spiro atoms. The number of hydrogen-bond acceptors (Lipinski definition) is 4. The van der Waals surface area contributed by atoms with Gasteiger partial charge in [-0.2, -0.15) is 0 Å². The number of benzene rings is 3. The molecule has 0 bridgehead atoms. The summed E-state index contributed by atoms with van der Waals surface area (Å²) in [6.07, 6.45) is 3.78. The molecule has 7 heteroatoms. The number of nitrogens with zero attached hydrogens (tertiary/aromatic N) is 2. The van der Waals surface area contributed by atoms with Gasteiger partial charge in [-0.15, -0.1) is 0 Å². The van der Waals surface area contributed by atoms with Gasteiger partial charge in [0.1, 0.15) is 12.1 Å². The number of carbonyl (C=O) groups excluding carboxylic acids is 3. The summed E-state index contributed by atoms with van der Waals surface area (Å²) in [5.74, 6) is -0.231. The quantitative estimate of drug-likeness (QED) is 0.442. The van der Waals surface area contributed by atoms with Gasteiger partial charge in [0.15, 0.2) is 0 Å². The molecule has 2 atom stereocenters. The monoisotopic (exact) mass is 538 g/mol. The fourth-order valence-electron chi connectivity index (χ4n) is 5.86. The maximum Gasteiger partial charge on any atom is 0.246 e. The van der Waals surface area contributed by atoms with E-state index in [0.717, 1.165) is 34.0 Å². The van der Waals surface area contributed by atoms with Crippen LogP contribution in [0.1, 0.15) is 37.8 Å². The maximum atomic E-state index is 14.3. The Balaban J connectivity index is 1.42. The molecule has 0 aromatic heterocycles. The van der Waals surface area contributed by atoms with Crippen LogP contribution in [0.5, 0.6) is 0 Å². The lowest BCUT2D eigenvalue weighted by atomic mass is 9.96. The lowest BCUT2D eigenvalue weighted by Crippen LogP contribution is -2.55. The second kappa shape index (κ2) is 11.9. The van der Waals surface area contributed by atoms with Gasteiger partial charge in [0, 0.05) is 44.9 Å². The highest BCUT2D eigenvalue weighted by molar-refractivity contribution is 5.94. The molecule has 7 nitrogen and oxygen atoms in total. The van der Waals surface area contributed by atoms with Crippen molar-refractivity contribution in [1.82, 2.24) is 15.1 Å². The Morgan fingerprint density at radius 2 is 1.77 bits per heavy atom. The van der Waals surface area contributed by atoms with Gasteiger partial charge in [0.05, 0.1) is 0 Å². The third kappa shape index (κ3) is 5.88. The van der Waals surface area contributed by atoms with Gasteiger partial charge in [-0.1, -0.05) is 74.5 Å². The molecule has 208 valence electrons. The Kier molecular flexibility index (Phi) is 8.19. The number of nitrogens with one attached hydrogen (secondary N) is 2. The Morgan fingerprint density at radius 3 is 2.55 bits per heavy atom. The summed E-state index contributed by atoms with van der Waals surface area (Å²) in [6.45, 7) is 4.73. The van der Waals surface area contributed by atoms with Gasteiger partial charge in [-0.05, 0) is 52.3 Å². The molecule has 40 heavy (non-hydrogen) atoms. The number of fused-ring (bicyclic) bond motifs is 2. The fraction of sp³-hybridized carbons (Fsp3) is 0.364. The van der Waals surface area contributed by atoms with Gasteiger partial charge in [0.25, 0.3) is 0 Å². The highest BCUT2D eigenvalue weighted by atomic mass is 16.2. The second-order valence-electron chi connectivity index (χ2n) is 11.2. The van der Waals surface area contributed by atoms with Crippen molar-refractivity contribution < 1.29 is 14.4 Å². The van der Waals surface area contributed by atoms with Gasteiger partial charge in [-0.3, -0.25) is 14.4 Å². The molecule has 2 N–H and O–H groups in total. The van der Waals surface area contributed by atoms with E-state index in [9.17, 15) is 14.4 Å². The standard InChI is InChI=1S/C33H38N4O3/c1-22(2)16-30-33(40)36(29(32(39)34-3)19-23-12-13-25-8-4-5-9-26(25)17-23)15-14-31(38)37(30)21-24-18-27-10-6-7-11-28(27)35-20-24/h4-13,17,20,22,29-30,35H,14-16,18-19,21H2,1-3H3,(H,34,39)/t29-,30-/m0/s1. The van der Waals surface area contributed by atoms with Crippen molar-refractivity contribution in [2.75, 3.05) is 25.5 Å². The van der Waals surface area contributed by atoms with Crippen LogP contribution < -0.4 is 10.6 Å². The van der Waals surface area contributed by atoms with Crippen molar-refractivity contribution in [2.24, 2.45) is 5.92 Å². The first-order chi connectivity index (χ1) is 19.3. The molecule has 1 fully saturated rings. The Morgan fingerprint density at radius 1 is 1.02 bits per heavy atom. The summed E-state index contributed by atoms with van der Waals surface area (Å²) in [6, 6.07) is 21.0. The van der Waals surface area contributed by atoms with Gasteiger partial charge < -0.3 is 20.4 Å². The number of amides is 3. The van der Waals surface area contributed by atoms with E-state index in [4.69, 9.17) is 0 Å². The van der Waals surface area contributed by atoms with Crippen molar-refractivity contribution >= 4 is 34.2 Å². The molecule has 0 unspecified atom stereocenters. The maximum absolute atomic E-state index is 14.3. The minimum absolute atomic E-state index is 0.0531. The van der Waals surface area contributed by atoms with E-state index in [-0.39, 0.29) is 36.6 Å². The zero-order valence-electron chi connectivity index (χ0n) is 23.5. The number of rotatable bonds is 8. The summed E-state index contributed by atoms with van der Waals surface area (Å²) in [4.78, 5) is 44.5. The first-order valence-corrected chi connectivity index (χ1v) is 14.2. The first kappa shape index (κ1) is 27.4. The molecule has 0 aliphatic carbocycles. The van der Waals surface area contributed by atoms with Crippen LogP contribution in [0.2, 0.25) is 0 Å². The van der Waals surface area contributed by atoms with E-state index >= 15 is 0 Å². The first-order valence-electron chi connectivity index (χ1n) is 14.2. The van der Waals surface area contributed by atoms with E-state index in [0.29, 0.717) is 19.4 Å². The number of anilines is 1. The third-order valence-electron chi connectivity index (χ3n) is 7.93. The molecule has 3 aromatic carbocycles. The molecule has 2 heterocycles. The smallest absolute Gasteiger partial charge is 0.246 e. The highest BCUT2D eigenvalue weighted by Gasteiger charge is 2.41. The molecule has 3 aromatic rings. The largest absolute Gasteiger partial charge is 0.361 e. The molecule has 1 saturated heterocycles. The molecule has 0 radical (unpaired) electrons. The van der Waals surface area contributed by atoms with Crippen molar-refractivity contribution in [1.29, 1.82) is 0 Å².